The lowest BCUT2D eigenvalue weighted by atomic mass is 9.77. The highest BCUT2D eigenvalue weighted by Gasteiger charge is 2.45. The van der Waals surface area contributed by atoms with Crippen molar-refractivity contribution in [3.8, 4) is 0 Å². The van der Waals surface area contributed by atoms with Gasteiger partial charge >= 0.3 is 0 Å². The molecular weight excluding hydrogens is 286 g/mol. The Bertz CT molecular complexity index is 535. The van der Waals surface area contributed by atoms with Crippen LogP contribution >= 0.6 is 0 Å². The van der Waals surface area contributed by atoms with E-state index in [1.165, 1.54) is 6.20 Å². The van der Waals surface area contributed by atoms with Crippen LogP contribution < -0.4 is 0 Å². The molecule has 0 N–H and O–H groups in total. The fourth-order valence-electron chi connectivity index (χ4n) is 3.39. The Kier molecular flexibility index (Phi) is 4.15. The van der Waals surface area contributed by atoms with Crippen LogP contribution in [0.5, 0.6) is 0 Å². The van der Waals surface area contributed by atoms with Crippen molar-refractivity contribution in [2.45, 2.75) is 19.3 Å². The maximum absolute atomic E-state index is 12.2. The standard InChI is InChI=1S/C15H21N3O4/c1-21-9-8-18-11-15(10-13(18)19)3-6-17(7-4-15)14(20)12-2-5-16-22-12/h2,5H,3-4,6-11H2,1H3. The first kappa shape index (κ1) is 15.0. The summed E-state index contributed by atoms with van der Waals surface area (Å²) in [5.41, 5.74) is 0.0169. The summed E-state index contributed by atoms with van der Waals surface area (Å²) in [6.07, 6.45) is 3.76. The third-order valence-corrected chi connectivity index (χ3v) is 4.73. The second kappa shape index (κ2) is 6.08. The van der Waals surface area contributed by atoms with E-state index in [4.69, 9.17) is 9.26 Å². The molecule has 0 unspecified atom stereocenters. The number of rotatable bonds is 4. The van der Waals surface area contributed by atoms with E-state index < -0.39 is 0 Å². The first-order chi connectivity index (χ1) is 10.6. The van der Waals surface area contributed by atoms with Gasteiger partial charge in [-0.05, 0) is 12.8 Å². The molecule has 1 aromatic heterocycles. The normalized spacial score (nSPS) is 20.9. The van der Waals surface area contributed by atoms with Gasteiger partial charge in [-0.25, -0.2) is 0 Å². The number of piperidine rings is 1. The quantitative estimate of drug-likeness (QED) is 0.821. The number of carbonyl (C=O) groups excluding carboxylic acids is 2. The summed E-state index contributed by atoms with van der Waals surface area (Å²) in [6.45, 7) is 3.31. The van der Waals surface area contributed by atoms with Crippen molar-refractivity contribution in [3.05, 3.63) is 18.0 Å². The van der Waals surface area contributed by atoms with Crippen LogP contribution in [0.25, 0.3) is 0 Å². The van der Waals surface area contributed by atoms with Crippen molar-refractivity contribution in [2.24, 2.45) is 5.41 Å². The molecule has 1 spiro atoms. The van der Waals surface area contributed by atoms with E-state index in [1.807, 2.05) is 4.90 Å². The van der Waals surface area contributed by atoms with E-state index in [0.29, 0.717) is 32.7 Å². The van der Waals surface area contributed by atoms with Gasteiger partial charge in [0.25, 0.3) is 5.91 Å². The molecule has 0 aromatic carbocycles. The summed E-state index contributed by atoms with van der Waals surface area (Å²) in [6, 6.07) is 1.58. The largest absolute Gasteiger partial charge is 0.383 e. The minimum atomic E-state index is -0.118. The van der Waals surface area contributed by atoms with E-state index in [9.17, 15) is 9.59 Å². The number of hydrogen-bond acceptors (Lipinski definition) is 5. The summed E-state index contributed by atoms with van der Waals surface area (Å²) >= 11 is 0. The van der Waals surface area contributed by atoms with Crippen LogP contribution in [0.4, 0.5) is 0 Å². The minimum Gasteiger partial charge on any atom is -0.383 e. The average molecular weight is 307 g/mol. The van der Waals surface area contributed by atoms with Gasteiger partial charge in [0.2, 0.25) is 11.7 Å². The number of ether oxygens (including phenoxy) is 1. The topological polar surface area (TPSA) is 75.9 Å². The summed E-state index contributed by atoms with van der Waals surface area (Å²) in [7, 11) is 1.64. The van der Waals surface area contributed by atoms with Crippen molar-refractivity contribution < 1.29 is 18.8 Å². The van der Waals surface area contributed by atoms with Gasteiger partial charge in [-0.1, -0.05) is 5.16 Å². The molecule has 1 aromatic rings. The predicted molar refractivity (Wildman–Crippen MR) is 77.1 cm³/mol. The second-order valence-electron chi connectivity index (χ2n) is 6.15. The highest BCUT2D eigenvalue weighted by atomic mass is 16.5. The van der Waals surface area contributed by atoms with Crippen LogP contribution in [-0.2, 0) is 9.53 Å². The number of methoxy groups -OCH3 is 1. The Hall–Kier alpha value is -1.89. The van der Waals surface area contributed by atoms with Crippen LogP contribution in [-0.4, -0.2) is 66.7 Å². The van der Waals surface area contributed by atoms with Gasteiger partial charge in [0.05, 0.1) is 12.8 Å². The summed E-state index contributed by atoms with van der Waals surface area (Å²) < 4.78 is 9.98. The first-order valence-electron chi connectivity index (χ1n) is 7.60. The molecule has 0 aliphatic carbocycles. The molecule has 0 radical (unpaired) electrons. The molecular formula is C15H21N3O4. The number of likely N-dealkylation sites (tertiary alicyclic amines) is 2. The lowest BCUT2D eigenvalue weighted by Gasteiger charge is -2.38. The molecule has 3 heterocycles. The highest BCUT2D eigenvalue weighted by Crippen LogP contribution is 2.41. The molecule has 3 rings (SSSR count). The Morgan fingerprint density at radius 1 is 1.45 bits per heavy atom. The van der Waals surface area contributed by atoms with E-state index in [1.54, 1.807) is 18.1 Å². The Morgan fingerprint density at radius 3 is 2.86 bits per heavy atom. The Morgan fingerprint density at radius 2 is 2.23 bits per heavy atom. The van der Waals surface area contributed by atoms with E-state index in [0.717, 1.165) is 19.4 Å². The molecule has 22 heavy (non-hydrogen) atoms. The van der Waals surface area contributed by atoms with Crippen molar-refractivity contribution >= 4 is 11.8 Å². The van der Waals surface area contributed by atoms with E-state index in [2.05, 4.69) is 5.16 Å². The van der Waals surface area contributed by atoms with Crippen molar-refractivity contribution in [1.82, 2.24) is 15.0 Å². The monoisotopic (exact) mass is 307 g/mol. The van der Waals surface area contributed by atoms with Gasteiger partial charge in [-0.2, -0.15) is 0 Å². The molecule has 2 aliphatic heterocycles. The van der Waals surface area contributed by atoms with Crippen LogP contribution in [0.15, 0.2) is 16.8 Å². The molecule has 7 heteroatoms. The van der Waals surface area contributed by atoms with E-state index >= 15 is 0 Å². The zero-order chi connectivity index (χ0) is 15.6. The zero-order valence-corrected chi connectivity index (χ0v) is 12.8. The van der Waals surface area contributed by atoms with Gasteiger partial charge in [-0.3, -0.25) is 9.59 Å². The number of amides is 2. The van der Waals surface area contributed by atoms with Gasteiger partial charge in [0, 0.05) is 51.2 Å². The fourth-order valence-corrected chi connectivity index (χ4v) is 3.39. The SMILES string of the molecule is COCCN1CC2(CCN(C(=O)c3ccno3)CC2)CC1=O. The van der Waals surface area contributed by atoms with Crippen LogP contribution in [0, 0.1) is 5.41 Å². The van der Waals surface area contributed by atoms with Gasteiger partial charge in [0.15, 0.2) is 0 Å². The average Bonchev–Trinajstić information content (AvgIpc) is 3.14. The predicted octanol–water partition coefficient (Wildman–Crippen LogP) is 0.776. The van der Waals surface area contributed by atoms with Gasteiger partial charge < -0.3 is 19.1 Å². The Labute approximate surface area is 129 Å². The molecule has 120 valence electrons. The third-order valence-electron chi connectivity index (χ3n) is 4.73. The lowest BCUT2D eigenvalue weighted by Crippen LogP contribution is -2.44. The molecule has 7 nitrogen and oxygen atoms in total. The van der Waals surface area contributed by atoms with Gasteiger partial charge in [0.1, 0.15) is 0 Å². The zero-order valence-electron chi connectivity index (χ0n) is 12.8. The molecule has 0 saturated carbocycles. The van der Waals surface area contributed by atoms with Crippen LogP contribution in [0.1, 0.15) is 29.8 Å². The van der Waals surface area contributed by atoms with Crippen molar-refractivity contribution in [3.63, 3.8) is 0 Å². The first-order valence-corrected chi connectivity index (χ1v) is 7.60. The number of nitrogens with zero attached hydrogens (tertiary/aromatic N) is 3. The van der Waals surface area contributed by atoms with Crippen LogP contribution in [0.3, 0.4) is 0 Å². The summed E-state index contributed by atoms with van der Waals surface area (Å²) in [5, 5.41) is 3.57. The lowest BCUT2D eigenvalue weighted by molar-refractivity contribution is -0.128. The maximum atomic E-state index is 12.2. The number of hydrogen-bond donors (Lipinski definition) is 0. The van der Waals surface area contributed by atoms with Crippen molar-refractivity contribution in [2.75, 3.05) is 39.9 Å². The van der Waals surface area contributed by atoms with Gasteiger partial charge in [-0.15, -0.1) is 0 Å². The minimum absolute atomic E-state index is 0.0169. The maximum Gasteiger partial charge on any atom is 0.292 e. The third kappa shape index (κ3) is 2.85. The molecule has 0 bridgehead atoms. The van der Waals surface area contributed by atoms with Crippen molar-refractivity contribution in [1.29, 1.82) is 0 Å². The fraction of sp³-hybridized carbons (Fsp3) is 0.667. The number of carbonyl (C=O) groups is 2. The number of aromatic nitrogens is 1. The van der Waals surface area contributed by atoms with E-state index in [-0.39, 0.29) is 23.0 Å². The molecule has 2 aliphatic rings. The molecule has 2 amide bonds. The second-order valence-corrected chi connectivity index (χ2v) is 6.15. The molecule has 2 saturated heterocycles. The summed E-state index contributed by atoms with van der Waals surface area (Å²) in [5.74, 6) is 0.361. The summed E-state index contributed by atoms with van der Waals surface area (Å²) in [4.78, 5) is 28.0. The van der Waals surface area contributed by atoms with Crippen LogP contribution in [0.2, 0.25) is 0 Å². The molecule has 0 atom stereocenters. The molecule has 2 fully saturated rings. The Balaban J connectivity index is 1.57. The smallest absolute Gasteiger partial charge is 0.292 e. The highest BCUT2D eigenvalue weighted by molar-refractivity contribution is 5.91.